The van der Waals surface area contributed by atoms with E-state index in [2.05, 4.69) is 15.3 Å². The molecule has 2 rings (SSSR count). The van der Waals surface area contributed by atoms with Crippen LogP contribution in [0.4, 0.5) is 5.69 Å². The van der Waals surface area contributed by atoms with E-state index in [-0.39, 0.29) is 5.56 Å². The molecule has 17 heavy (non-hydrogen) atoms. The van der Waals surface area contributed by atoms with Crippen molar-refractivity contribution < 1.29 is 0 Å². The van der Waals surface area contributed by atoms with Gasteiger partial charge in [-0.05, 0) is 31.7 Å². The topological polar surface area (TPSA) is 77.8 Å². The fourth-order valence-electron chi connectivity index (χ4n) is 1.69. The summed E-state index contributed by atoms with van der Waals surface area (Å²) >= 11 is 0. The smallest absolute Gasteiger partial charge is 0.326 e. The first kappa shape index (κ1) is 11.2. The summed E-state index contributed by atoms with van der Waals surface area (Å²) in [4.78, 5) is 27.7. The minimum Gasteiger partial charge on any atom is -0.360 e. The second kappa shape index (κ2) is 4.29. The summed E-state index contributed by atoms with van der Waals surface area (Å²) in [6.45, 7) is 3.79. The molecule has 0 bridgehead atoms. The van der Waals surface area contributed by atoms with Crippen molar-refractivity contribution in [3.8, 4) is 0 Å². The van der Waals surface area contributed by atoms with Crippen LogP contribution in [0.15, 0.2) is 34.0 Å². The standard InChI is InChI=1S/C12H13N3O2/c1-3-6-13-9-7(2)4-5-8-10(9)14-12(17)15-11(8)16/h3-6,13H,1-2H3,(H2,14,15,16,17)/b6-3-. The molecule has 1 aromatic heterocycles. The lowest BCUT2D eigenvalue weighted by Gasteiger charge is -2.08. The van der Waals surface area contributed by atoms with Gasteiger partial charge < -0.3 is 10.3 Å². The van der Waals surface area contributed by atoms with Gasteiger partial charge >= 0.3 is 5.69 Å². The Hall–Kier alpha value is -2.30. The number of aromatic amines is 2. The zero-order chi connectivity index (χ0) is 12.4. The molecule has 0 fully saturated rings. The molecule has 0 aliphatic rings. The van der Waals surface area contributed by atoms with Gasteiger partial charge in [0.25, 0.3) is 5.56 Å². The van der Waals surface area contributed by atoms with Crippen LogP contribution < -0.4 is 16.6 Å². The second-order valence-corrected chi connectivity index (χ2v) is 3.73. The number of fused-ring (bicyclic) bond motifs is 1. The van der Waals surface area contributed by atoms with Crippen LogP contribution in [0, 0.1) is 6.92 Å². The van der Waals surface area contributed by atoms with Crippen LogP contribution in [-0.4, -0.2) is 9.97 Å². The average molecular weight is 231 g/mol. The molecular weight excluding hydrogens is 218 g/mol. The minimum atomic E-state index is -0.503. The Balaban J connectivity index is 2.84. The predicted octanol–water partition coefficient (Wildman–Crippen LogP) is 1.47. The Morgan fingerprint density at radius 1 is 1.24 bits per heavy atom. The van der Waals surface area contributed by atoms with Gasteiger partial charge in [-0.3, -0.25) is 9.78 Å². The van der Waals surface area contributed by atoms with Crippen LogP contribution in [0.5, 0.6) is 0 Å². The number of benzene rings is 1. The Labute approximate surface area is 97.2 Å². The van der Waals surface area contributed by atoms with Gasteiger partial charge in [0.1, 0.15) is 0 Å². The molecule has 2 aromatic rings. The molecule has 1 aromatic carbocycles. The third-order valence-electron chi connectivity index (χ3n) is 2.52. The van der Waals surface area contributed by atoms with Crippen molar-refractivity contribution in [2.45, 2.75) is 13.8 Å². The summed E-state index contributed by atoms with van der Waals surface area (Å²) in [5.74, 6) is 0. The van der Waals surface area contributed by atoms with Gasteiger partial charge in [0.2, 0.25) is 0 Å². The number of anilines is 1. The molecule has 0 unspecified atom stereocenters. The molecule has 0 aliphatic carbocycles. The van der Waals surface area contributed by atoms with Gasteiger partial charge in [-0.1, -0.05) is 12.1 Å². The van der Waals surface area contributed by atoms with Crippen molar-refractivity contribution in [1.29, 1.82) is 0 Å². The molecule has 0 amide bonds. The lowest BCUT2D eigenvalue weighted by molar-refractivity contribution is 1.08. The van der Waals surface area contributed by atoms with Crippen LogP contribution in [0.2, 0.25) is 0 Å². The van der Waals surface area contributed by atoms with Crippen LogP contribution in [0.25, 0.3) is 10.9 Å². The molecule has 5 heteroatoms. The van der Waals surface area contributed by atoms with Crippen LogP contribution in [-0.2, 0) is 0 Å². The van der Waals surface area contributed by atoms with Gasteiger partial charge in [0, 0.05) is 0 Å². The maximum absolute atomic E-state index is 11.6. The third-order valence-corrected chi connectivity index (χ3v) is 2.52. The number of nitrogens with one attached hydrogen (secondary N) is 3. The van der Waals surface area contributed by atoms with E-state index in [1.54, 1.807) is 12.3 Å². The highest BCUT2D eigenvalue weighted by atomic mass is 16.2. The largest absolute Gasteiger partial charge is 0.360 e. The second-order valence-electron chi connectivity index (χ2n) is 3.73. The van der Waals surface area contributed by atoms with Crippen molar-refractivity contribution in [2.24, 2.45) is 0 Å². The molecule has 88 valence electrons. The SMILES string of the molecule is C/C=C\Nc1c(C)ccc2c(=O)[nH]c(=O)[nH]c12. The van der Waals surface area contributed by atoms with Crippen LogP contribution >= 0.6 is 0 Å². The number of aryl methyl sites for hydroxylation is 1. The number of hydrogen-bond donors (Lipinski definition) is 3. The summed E-state index contributed by atoms with van der Waals surface area (Å²) < 4.78 is 0. The molecule has 0 spiro atoms. The summed E-state index contributed by atoms with van der Waals surface area (Å²) in [7, 11) is 0. The zero-order valence-electron chi connectivity index (χ0n) is 9.63. The van der Waals surface area contributed by atoms with Crippen molar-refractivity contribution in [1.82, 2.24) is 9.97 Å². The molecule has 5 nitrogen and oxygen atoms in total. The summed E-state index contributed by atoms with van der Waals surface area (Å²) in [6, 6.07) is 3.53. The van der Waals surface area contributed by atoms with Gasteiger partial charge in [0.15, 0.2) is 0 Å². The third kappa shape index (κ3) is 1.99. The predicted molar refractivity (Wildman–Crippen MR) is 68.4 cm³/mol. The first-order chi connectivity index (χ1) is 8.13. The quantitative estimate of drug-likeness (QED) is 0.732. The Morgan fingerprint density at radius 2 is 2.00 bits per heavy atom. The summed E-state index contributed by atoms with van der Waals surface area (Å²) in [5.41, 5.74) is 1.33. The molecule has 0 saturated heterocycles. The molecule has 0 saturated carbocycles. The molecule has 3 N–H and O–H groups in total. The number of allylic oxidation sites excluding steroid dienone is 1. The lowest BCUT2D eigenvalue weighted by Crippen LogP contribution is -2.22. The van der Waals surface area contributed by atoms with Gasteiger partial charge in [-0.15, -0.1) is 0 Å². The molecule has 0 atom stereocenters. The van der Waals surface area contributed by atoms with Crippen molar-refractivity contribution in [3.05, 3.63) is 50.8 Å². The lowest BCUT2D eigenvalue weighted by atomic mass is 10.1. The van der Waals surface area contributed by atoms with Gasteiger partial charge in [-0.25, -0.2) is 4.79 Å². The Morgan fingerprint density at radius 3 is 2.71 bits per heavy atom. The van der Waals surface area contributed by atoms with E-state index in [0.717, 1.165) is 11.3 Å². The number of hydrogen-bond acceptors (Lipinski definition) is 3. The van der Waals surface area contributed by atoms with Crippen molar-refractivity contribution >= 4 is 16.6 Å². The number of rotatable bonds is 2. The van der Waals surface area contributed by atoms with E-state index < -0.39 is 5.69 Å². The molecule has 0 aliphatic heterocycles. The highest BCUT2D eigenvalue weighted by Crippen LogP contribution is 2.22. The average Bonchev–Trinajstić information content (AvgIpc) is 2.27. The monoisotopic (exact) mass is 231 g/mol. The van der Waals surface area contributed by atoms with Gasteiger partial charge in [-0.2, -0.15) is 0 Å². The van der Waals surface area contributed by atoms with Crippen LogP contribution in [0.1, 0.15) is 12.5 Å². The maximum atomic E-state index is 11.6. The zero-order valence-corrected chi connectivity index (χ0v) is 9.63. The van der Waals surface area contributed by atoms with Gasteiger partial charge in [0.05, 0.1) is 16.6 Å². The van der Waals surface area contributed by atoms with E-state index in [0.29, 0.717) is 10.9 Å². The van der Waals surface area contributed by atoms with E-state index >= 15 is 0 Å². The van der Waals surface area contributed by atoms with E-state index in [9.17, 15) is 9.59 Å². The molecule has 0 radical (unpaired) electrons. The van der Waals surface area contributed by atoms with Crippen molar-refractivity contribution in [2.75, 3.05) is 5.32 Å². The molecule has 1 heterocycles. The summed E-state index contributed by atoms with van der Waals surface area (Å²) in [5, 5.41) is 3.52. The fraction of sp³-hybridized carbons (Fsp3) is 0.167. The van der Waals surface area contributed by atoms with Crippen molar-refractivity contribution in [3.63, 3.8) is 0 Å². The Kier molecular flexibility index (Phi) is 2.82. The highest BCUT2D eigenvalue weighted by Gasteiger charge is 2.07. The van der Waals surface area contributed by atoms with E-state index in [4.69, 9.17) is 0 Å². The molecular formula is C12H13N3O2. The summed E-state index contributed by atoms with van der Waals surface area (Å²) in [6.07, 6.45) is 3.59. The fourth-order valence-corrected chi connectivity index (χ4v) is 1.69. The highest BCUT2D eigenvalue weighted by molar-refractivity contribution is 5.91. The first-order valence-corrected chi connectivity index (χ1v) is 5.27. The van der Waals surface area contributed by atoms with E-state index in [1.807, 2.05) is 26.0 Å². The minimum absolute atomic E-state index is 0.382. The van der Waals surface area contributed by atoms with E-state index in [1.165, 1.54) is 0 Å². The normalized spacial score (nSPS) is 11.2. The number of aromatic nitrogens is 2. The Bertz CT molecular complexity index is 695. The number of H-pyrrole nitrogens is 2. The first-order valence-electron chi connectivity index (χ1n) is 5.27. The van der Waals surface area contributed by atoms with Crippen LogP contribution in [0.3, 0.4) is 0 Å². The maximum Gasteiger partial charge on any atom is 0.326 e.